The van der Waals surface area contributed by atoms with Gasteiger partial charge in [0.1, 0.15) is 0 Å². The van der Waals surface area contributed by atoms with Crippen LogP contribution >= 0.6 is 11.8 Å². The van der Waals surface area contributed by atoms with Crippen molar-refractivity contribution in [1.82, 2.24) is 5.32 Å². The van der Waals surface area contributed by atoms with E-state index in [1.165, 1.54) is 4.90 Å². The highest BCUT2D eigenvalue weighted by Crippen LogP contribution is 2.26. The quantitative estimate of drug-likeness (QED) is 0.782. The fraction of sp³-hybridized carbons (Fsp3) is 0.571. The van der Waals surface area contributed by atoms with Gasteiger partial charge in [0.25, 0.3) is 0 Å². The molecule has 2 heteroatoms. The van der Waals surface area contributed by atoms with E-state index in [-0.39, 0.29) is 0 Å². The van der Waals surface area contributed by atoms with E-state index in [0.717, 1.165) is 12.3 Å². The highest BCUT2D eigenvalue weighted by atomic mass is 32.2. The Bertz CT molecular complexity index is 289. The van der Waals surface area contributed by atoms with Crippen molar-refractivity contribution in [3.05, 3.63) is 30.3 Å². The maximum Gasteiger partial charge on any atom is 0.0210 e. The topological polar surface area (TPSA) is 12.0 Å². The largest absolute Gasteiger partial charge is 0.313 e. The number of hydrogen-bond acceptors (Lipinski definition) is 2. The molecule has 0 fully saturated rings. The highest BCUT2D eigenvalue weighted by Gasteiger charge is 2.23. The Kier molecular flexibility index (Phi) is 5.36. The molecule has 1 aromatic carbocycles. The first-order valence-corrected chi connectivity index (χ1v) is 6.94. The molecule has 1 unspecified atom stereocenters. The standard InChI is InChI=1S/C14H23NS/c1-5-15-13(14(2,3)4)11-16-12-9-7-6-8-10-12/h6-10,13,15H,5,11H2,1-4H3. The summed E-state index contributed by atoms with van der Waals surface area (Å²) in [5.41, 5.74) is 0.317. The molecular formula is C14H23NS. The normalized spacial score (nSPS) is 13.8. The van der Waals surface area contributed by atoms with Crippen LogP contribution in [0.4, 0.5) is 0 Å². The van der Waals surface area contributed by atoms with E-state index < -0.39 is 0 Å². The third-order valence-corrected chi connectivity index (χ3v) is 3.76. The summed E-state index contributed by atoms with van der Waals surface area (Å²) in [7, 11) is 0. The SMILES string of the molecule is CCNC(CSc1ccccc1)C(C)(C)C. The molecule has 90 valence electrons. The fourth-order valence-electron chi connectivity index (χ4n) is 1.56. The molecule has 0 amide bonds. The molecule has 0 aliphatic carbocycles. The summed E-state index contributed by atoms with van der Waals surface area (Å²) in [6.07, 6.45) is 0. The Hall–Kier alpha value is -0.470. The molecule has 0 spiro atoms. The minimum absolute atomic E-state index is 0.317. The van der Waals surface area contributed by atoms with Crippen LogP contribution < -0.4 is 5.32 Å². The second kappa shape index (κ2) is 6.31. The zero-order chi connectivity index (χ0) is 12.0. The van der Waals surface area contributed by atoms with Gasteiger partial charge in [-0.2, -0.15) is 0 Å². The van der Waals surface area contributed by atoms with E-state index in [4.69, 9.17) is 0 Å². The number of benzene rings is 1. The predicted molar refractivity (Wildman–Crippen MR) is 74.1 cm³/mol. The molecular weight excluding hydrogens is 214 g/mol. The summed E-state index contributed by atoms with van der Waals surface area (Å²) in [4.78, 5) is 1.36. The van der Waals surface area contributed by atoms with Crippen LogP contribution in [0.5, 0.6) is 0 Å². The van der Waals surface area contributed by atoms with Crippen molar-refractivity contribution in [3.63, 3.8) is 0 Å². The number of thioether (sulfide) groups is 1. The lowest BCUT2D eigenvalue weighted by atomic mass is 9.88. The monoisotopic (exact) mass is 237 g/mol. The van der Waals surface area contributed by atoms with Crippen molar-refractivity contribution in [2.45, 2.75) is 38.6 Å². The number of nitrogens with one attached hydrogen (secondary N) is 1. The van der Waals surface area contributed by atoms with Crippen LogP contribution in [0.3, 0.4) is 0 Å². The first kappa shape index (κ1) is 13.6. The van der Waals surface area contributed by atoms with Crippen molar-refractivity contribution >= 4 is 11.8 Å². The molecule has 0 radical (unpaired) electrons. The summed E-state index contributed by atoms with van der Waals surface area (Å²) in [6, 6.07) is 11.2. The molecule has 1 rings (SSSR count). The van der Waals surface area contributed by atoms with Crippen LogP contribution in [0.2, 0.25) is 0 Å². The second-order valence-electron chi connectivity index (χ2n) is 5.10. The average Bonchev–Trinajstić information content (AvgIpc) is 2.24. The lowest BCUT2D eigenvalue weighted by molar-refractivity contribution is 0.295. The Morgan fingerprint density at radius 3 is 2.31 bits per heavy atom. The molecule has 1 nitrogen and oxygen atoms in total. The van der Waals surface area contributed by atoms with Gasteiger partial charge in [0.05, 0.1) is 0 Å². The predicted octanol–water partition coefficient (Wildman–Crippen LogP) is 3.80. The van der Waals surface area contributed by atoms with Crippen molar-refractivity contribution in [2.75, 3.05) is 12.3 Å². The minimum Gasteiger partial charge on any atom is -0.313 e. The molecule has 0 saturated heterocycles. The van der Waals surface area contributed by atoms with E-state index in [1.807, 2.05) is 11.8 Å². The number of hydrogen-bond donors (Lipinski definition) is 1. The van der Waals surface area contributed by atoms with Gasteiger partial charge in [0, 0.05) is 16.7 Å². The number of rotatable bonds is 5. The smallest absolute Gasteiger partial charge is 0.0210 e. The zero-order valence-corrected chi connectivity index (χ0v) is 11.6. The van der Waals surface area contributed by atoms with Gasteiger partial charge >= 0.3 is 0 Å². The van der Waals surface area contributed by atoms with Crippen LogP contribution in [0.15, 0.2) is 35.2 Å². The van der Waals surface area contributed by atoms with Crippen LogP contribution in [-0.4, -0.2) is 18.3 Å². The maximum absolute atomic E-state index is 3.57. The van der Waals surface area contributed by atoms with Crippen LogP contribution in [0.25, 0.3) is 0 Å². The van der Waals surface area contributed by atoms with Crippen molar-refractivity contribution in [3.8, 4) is 0 Å². The Balaban J connectivity index is 2.51. The molecule has 0 heterocycles. The lowest BCUT2D eigenvalue weighted by Crippen LogP contribution is -2.42. The first-order chi connectivity index (χ1) is 7.54. The van der Waals surface area contributed by atoms with Gasteiger partial charge < -0.3 is 5.32 Å². The minimum atomic E-state index is 0.317. The van der Waals surface area contributed by atoms with Gasteiger partial charge in [0.15, 0.2) is 0 Å². The summed E-state index contributed by atoms with van der Waals surface area (Å²) in [5, 5.41) is 3.57. The van der Waals surface area contributed by atoms with E-state index in [1.54, 1.807) is 0 Å². The molecule has 16 heavy (non-hydrogen) atoms. The van der Waals surface area contributed by atoms with Gasteiger partial charge in [-0.3, -0.25) is 0 Å². The molecule has 0 aromatic heterocycles. The van der Waals surface area contributed by atoms with E-state index in [9.17, 15) is 0 Å². The van der Waals surface area contributed by atoms with Gasteiger partial charge in [-0.1, -0.05) is 45.9 Å². The molecule has 0 bridgehead atoms. The molecule has 0 aliphatic heterocycles. The van der Waals surface area contributed by atoms with Crippen molar-refractivity contribution in [2.24, 2.45) is 5.41 Å². The van der Waals surface area contributed by atoms with Gasteiger partial charge in [-0.05, 0) is 24.1 Å². The zero-order valence-electron chi connectivity index (χ0n) is 10.8. The molecule has 1 N–H and O–H groups in total. The molecule has 0 saturated carbocycles. The molecule has 1 aromatic rings. The molecule has 0 aliphatic rings. The Morgan fingerprint density at radius 2 is 1.81 bits per heavy atom. The Labute approximate surface area is 104 Å². The van der Waals surface area contributed by atoms with Gasteiger partial charge in [-0.25, -0.2) is 0 Å². The first-order valence-electron chi connectivity index (χ1n) is 5.95. The third-order valence-electron chi connectivity index (χ3n) is 2.66. The lowest BCUT2D eigenvalue weighted by Gasteiger charge is -2.31. The van der Waals surface area contributed by atoms with Crippen LogP contribution in [0.1, 0.15) is 27.7 Å². The average molecular weight is 237 g/mol. The van der Waals surface area contributed by atoms with E-state index >= 15 is 0 Å². The van der Waals surface area contributed by atoms with E-state index in [2.05, 4.69) is 63.3 Å². The Morgan fingerprint density at radius 1 is 1.19 bits per heavy atom. The van der Waals surface area contributed by atoms with Crippen LogP contribution in [0, 0.1) is 5.41 Å². The third kappa shape index (κ3) is 4.58. The maximum atomic E-state index is 3.57. The summed E-state index contributed by atoms with van der Waals surface area (Å²) in [5.74, 6) is 1.13. The highest BCUT2D eigenvalue weighted by molar-refractivity contribution is 7.99. The van der Waals surface area contributed by atoms with E-state index in [0.29, 0.717) is 11.5 Å². The van der Waals surface area contributed by atoms with Crippen molar-refractivity contribution in [1.29, 1.82) is 0 Å². The van der Waals surface area contributed by atoms with Gasteiger partial charge in [-0.15, -0.1) is 11.8 Å². The molecule has 1 atom stereocenters. The summed E-state index contributed by atoms with van der Waals surface area (Å²) < 4.78 is 0. The van der Waals surface area contributed by atoms with Crippen LogP contribution in [-0.2, 0) is 0 Å². The summed E-state index contributed by atoms with van der Waals surface area (Å²) >= 11 is 1.93. The van der Waals surface area contributed by atoms with Gasteiger partial charge in [0.2, 0.25) is 0 Å². The second-order valence-corrected chi connectivity index (χ2v) is 6.19. The fourth-order valence-corrected chi connectivity index (χ4v) is 2.88. The van der Waals surface area contributed by atoms with Crippen molar-refractivity contribution < 1.29 is 0 Å². The summed E-state index contributed by atoms with van der Waals surface area (Å²) in [6.45, 7) is 10.1.